The number of hydrogen-bond acceptors (Lipinski definition) is 4. The van der Waals surface area contributed by atoms with Gasteiger partial charge in [-0.3, -0.25) is 0 Å². The summed E-state index contributed by atoms with van der Waals surface area (Å²) in [5, 5.41) is 0. The van der Waals surface area contributed by atoms with Gasteiger partial charge < -0.3 is 14.2 Å². The van der Waals surface area contributed by atoms with Crippen LogP contribution in [0.15, 0.2) is 95.7 Å². The van der Waals surface area contributed by atoms with Crippen molar-refractivity contribution in [2.24, 2.45) is 4.99 Å². The molecule has 3 rings (SSSR count). The predicted molar refractivity (Wildman–Crippen MR) is 117 cm³/mol. The maximum Gasteiger partial charge on any atom is 0.226 e. The van der Waals surface area contributed by atoms with Gasteiger partial charge in [0.15, 0.2) is 11.5 Å². The van der Waals surface area contributed by atoms with Crippen molar-refractivity contribution < 1.29 is 14.2 Å². The highest BCUT2D eigenvalue weighted by Gasteiger charge is 2.12. The Morgan fingerprint density at radius 3 is 2.31 bits per heavy atom. The Morgan fingerprint density at radius 1 is 0.897 bits per heavy atom. The van der Waals surface area contributed by atoms with Crippen LogP contribution in [-0.4, -0.2) is 13.0 Å². The molecule has 4 nitrogen and oxygen atoms in total. The zero-order valence-electron chi connectivity index (χ0n) is 17.0. The summed E-state index contributed by atoms with van der Waals surface area (Å²) < 4.78 is 17.4. The number of aliphatic imine (C=N–C) groups is 1. The van der Waals surface area contributed by atoms with Gasteiger partial charge in [0.2, 0.25) is 5.90 Å². The number of rotatable bonds is 7. The fourth-order valence-electron chi connectivity index (χ4n) is 2.71. The van der Waals surface area contributed by atoms with Crippen molar-refractivity contribution in [2.75, 3.05) is 7.11 Å². The highest BCUT2D eigenvalue weighted by Crippen LogP contribution is 2.27. The Balaban J connectivity index is 1.95. The molecule has 0 aliphatic rings. The molecule has 0 unspecified atom stereocenters. The van der Waals surface area contributed by atoms with E-state index in [0.29, 0.717) is 23.8 Å². The number of benzene rings is 3. The molecule has 0 N–H and O–H groups in total. The molecule has 0 heterocycles. The van der Waals surface area contributed by atoms with Crippen LogP contribution >= 0.6 is 0 Å². The van der Waals surface area contributed by atoms with E-state index in [4.69, 9.17) is 19.2 Å². The Morgan fingerprint density at radius 2 is 1.62 bits per heavy atom. The molecule has 0 saturated heterocycles. The summed E-state index contributed by atoms with van der Waals surface area (Å²) in [6, 6.07) is 25.1. The summed E-state index contributed by atoms with van der Waals surface area (Å²) in [7, 11) is 1.62. The first-order valence-corrected chi connectivity index (χ1v) is 9.57. The lowest BCUT2D eigenvalue weighted by molar-refractivity contribution is 0.376. The summed E-state index contributed by atoms with van der Waals surface area (Å²) in [5.74, 6) is 2.53. The van der Waals surface area contributed by atoms with Crippen LogP contribution in [0.5, 0.6) is 17.2 Å². The minimum atomic E-state index is 0.499. The topological polar surface area (TPSA) is 40.0 Å². The van der Waals surface area contributed by atoms with Crippen molar-refractivity contribution in [3.63, 3.8) is 0 Å². The van der Waals surface area contributed by atoms with Crippen LogP contribution in [-0.2, 0) is 0 Å². The molecule has 0 atom stereocenters. The molecule has 29 heavy (non-hydrogen) atoms. The summed E-state index contributed by atoms with van der Waals surface area (Å²) in [4.78, 5) is 4.72. The number of hydrogen-bond donors (Lipinski definition) is 0. The van der Waals surface area contributed by atoms with Crippen LogP contribution in [0.2, 0.25) is 0 Å². The summed E-state index contributed by atoms with van der Waals surface area (Å²) in [5.41, 5.74) is 2.77. The monoisotopic (exact) mass is 387 g/mol. The number of ether oxygens (including phenoxy) is 3. The zero-order valence-corrected chi connectivity index (χ0v) is 17.0. The molecule has 3 aromatic carbocycles. The molecule has 3 aromatic rings. The molecule has 0 saturated carbocycles. The molecule has 0 radical (unpaired) electrons. The smallest absolute Gasteiger partial charge is 0.226 e. The minimum Gasteiger partial charge on any atom is -0.493 e. The van der Waals surface area contributed by atoms with Crippen LogP contribution < -0.4 is 14.2 Å². The van der Waals surface area contributed by atoms with Gasteiger partial charge in [-0.1, -0.05) is 49.4 Å². The second-order valence-electron chi connectivity index (χ2n) is 6.44. The molecule has 0 bridgehead atoms. The maximum atomic E-state index is 6.17. The van der Waals surface area contributed by atoms with Gasteiger partial charge >= 0.3 is 0 Å². The fraction of sp³-hybridized carbons (Fsp3) is 0.160. The summed E-state index contributed by atoms with van der Waals surface area (Å²) in [6.45, 7) is 4.07. The fourth-order valence-corrected chi connectivity index (χ4v) is 2.71. The van der Waals surface area contributed by atoms with E-state index in [9.17, 15) is 0 Å². The lowest BCUT2D eigenvalue weighted by Crippen LogP contribution is -2.12. The molecule has 0 spiro atoms. The number of aryl methyl sites for hydroxylation is 1. The minimum absolute atomic E-state index is 0.499. The number of nitrogens with zero attached hydrogens (tertiary/aromatic N) is 1. The predicted octanol–water partition coefficient (Wildman–Crippen LogP) is 6.49. The lowest BCUT2D eigenvalue weighted by Gasteiger charge is -2.13. The highest BCUT2D eigenvalue weighted by atomic mass is 16.5. The van der Waals surface area contributed by atoms with Crippen molar-refractivity contribution in [3.05, 3.63) is 96.3 Å². The van der Waals surface area contributed by atoms with Crippen LogP contribution in [0.3, 0.4) is 0 Å². The molecular formula is C25H25NO3. The second kappa shape index (κ2) is 10.1. The van der Waals surface area contributed by atoms with E-state index < -0.39 is 0 Å². The van der Waals surface area contributed by atoms with Crippen molar-refractivity contribution in [1.82, 2.24) is 0 Å². The van der Waals surface area contributed by atoms with Crippen LogP contribution in [0, 0.1) is 6.92 Å². The molecule has 0 aliphatic carbocycles. The Hall–Kier alpha value is -3.53. The van der Waals surface area contributed by atoms with E-state index in [2.05, 4.69) is 0 Å². The lowest BCUT2D eigenvalue weighted by atomic mass is 10.2. The van der Waals surface area contributed by atoms with E-state index >= 15 is 0 Å². The molecule has 0 aromatic heterocycles. The molecule has 0 aliphatic heterocycles. The highest BCUT2D eigenvalue weighted by molar-refractivity contribution is 5.96. The van der Waals surface area contributed by atoms with Gasteiger partial charge in [-0.15, -0.1) is 0 Å². The zero-order chi connectivity index (χ0) is 20.5. The normalized spacial score (nSPS) is 11.8. The molecular weight excluding hydrogens is 362 g/mol. The van der Waals surface area contributed by atoms with Gasteiger partial charge in [-0.2, -0.15) is 0 Å². The number of para-hydroxylation sites is 3. The maximum absolute atomic E-state index is 6.17. The first kappa shape index (κ1) is 20.2. The van der Waals surface area contributed by atoms with Gasteiger partial charge in [0, 0.05) is 5.57 Å². The third-order valence-corrected chi connectivity index (χ3v) is 4.24. The van der Waals surface area contributed by atoms with Crippen LogP contribution in [0.4, 0.5) is 5.69 Å². The van der Waals surface area contributed by atoms with E-state index in [0.717, 1.165) is 22.6 Å². The Kier molecular flexibility index (Phi) is 7.06. The average Bonchev–Trinajstić information content (AvgIpc) is 2.75. The van der Waals surface area contributed by atoms with Gasteiger partial charge in [0.25, 0.3) is 0 Å². The van der Waals surface area contributed by atoms with E-state index in [1.54, 1.807) is 13.4 Å². The standard InChI is InChI=1S/C25H25NO3/c1-4-20(18-28-24-16-9-8-15-23(24)27-3)25(26-21-12-6-5-7-13-21)29-22-14-10-11-19(2)17-22/h5-18H,4H2,1-3H3/b20-18+,26-25?. The van der Waals surface area contributed by atoms with Crippen LogP contribution in [0.1, 0.15) is 18.9 Å². The largest absolute Gasteiger partial charge is 0.493 e. The SMILES string of the molecule is CC/C(=C\Oc1ccccc1OC)C(=Nc1ccccc1)Oc1cccc(C)c1. The quantitative estimate of drug-likeness (QED) is 0.264. The Labute approximate surface area is 172 Å². The van der Waals surface area contributed by atoms with Crippen molar-refractivity contribution >= 4 is 11.6 Å². The van der Waals surface area contributed by atoms with Gasteiger partial charge in [-0.25, -0.2) is 4.99 Å². The summed E-state index contributed by atoms with van der Waals surface area (Å²) in [6.07, 6.45) is 2.36. The first-order chi connectivity index (χ1) is 14.2. The molecule has 0 amide bonds. The average molecular weight is 387 g/mol. The third-order valence-electron chi connectivity index (χ3n) is 4.24. The van der Waals surface area contributed by atoms with Crippen molar-refractivity contribution in [3.8, 4) is 17.2 Å². The van der Waals surface area contributed by atoms with Crippen LogP contribution in [0.25, 0.3) is 0 Å². The Bertz CT molecular complexity index is 994. The van der Waals surface area contributed by atoms with E-state index in [1.807, 2.05) is 92.7 Å². The molecule has 4 heteroatoms. The summed E-state index contributed by atoms with van der Waals surface area (Å²) >= 11 is 0. The molecule has 0 fully saturated rings. The second-order valence-corrected chi connectivity index (χ2v) is 6.44. The number of methoxy groups -OCH3 is 1. The van der Waals surface area contributed by atoms with E-state index in [1.165, 1.54) is 0 Å². The van der Waals surface area contributed by atoms with Gasteiger partial charge in [0.05, 0.1) is 19.1 Å². The van der Waals surface area contributed by atoms with Crippen molar-refractivity contribution in [2.45, 2.75) is 20.3 Å². The molecule has 148 valence electrons. The first-order valence-electron chi connectivity index (χ1n) is 9.57. The van der Waals surface area contributed by atoms with E-state index in [-0.39, 0.29) is 0 Å². The third kappa shape index (κ3) is 5.72. The van der Waals surface area contributed by atoms with Gasteiger partial charge in [0.1, 0.15) is 5.75 Å². The van der Waals surface area contributed by atoms with Gasteiger partial charge in [-0.05, 0) is 55.3 Å². The van der Waals surface area contributed by atoms with Crippen molar-refractivity contribution in [1.29, 1.82) is 0 Å².